The lowest BCUT2D eigenvalue weighted by atomic mass is 10.1. The number of amides is 3. The van der Waals surface area contributed by atoms with Crippen LogP contribution in [-0.2, 0) is 4.74 Å². The first-order chi connectivity index (χ1) is 13.7. The number of nitrogens with one attached hydrogen (secondary N) is 2. The summed E-state index contributed by atoms with van der Waals surface area (Å²) in [4.78, 5) is 28.9. The van der Waals surface area contributed by atoms with Crippen molar-refractivity contribution in [2.45, 2.75) is 35.7 Å². The predicted molar refractivity (Wildman–Crippen MR) is 110 cm³/mol. The Labute approximate surface area is 168 Å². The van der Waals surface area contributed by atoms with E-state index >= 15 is 0 Å². The third-order valence-corrected chi connectivity index (χ3v) is 6.06. The molecule has 28 heavy (non-hydrogen) atoms. The molecule has 2 heterocycles. The molecular weight excluding hydrogens is 374 g/mol. The molecule has 146 valence electrons. The Balaban J connectivity index is 1.53. The summed E-state index contributed by atoms with van der Waals surface area (Å²) in [6, 6.07) is 13.1. The van der Waals surface area contributed by atoms with Gasteiger partial charge in [-0.15, -0.1) is 0 Å². The van der Waals surface area contributed by atoms with Crippen LogP contribution in [0.4, 0.5) is 16.2 Å². The lowest BCUT2D eigenvalue weighted by molar-refractivity contribution is 0.0985. The molecule has 1 fully saturated rings. The smallest absolute Gasteiger partial charge is 0.319 e. The molecule has 2 aromatic carbocycles. The summed E-state index contributed by atoms with van der Waals surface area (Å²) >= 11 is 1.57. The summed E-state index contributed by atoms with van der Waals surface area (Å²) in [6.07, 6.45) is 2.12. The van der Waals surface area contributed by atoms with Crippen molar-refractivity contribution in [3.63, 3.8) is 0 Å². The van der Waals surface area contributed by atoms with Gasteiger partial charge in [0.2, 0.25) is 0 Å². The van der Waals surface area contributed by atoms with Gasteiger partial charge in [0.15, 0.2) is 0 Å². The van der Waals surface area contributed by atoms with Gasteiger partial charge in [-0.2, -0.15) is 0 Å². The number of nitrogens with zero attached hydrogens (tertiary/aromatic N) is 1. The molecular formula is C21H23N3O3S. The average molecular weight is 398 g/mol. The fourth-order valence-electron chi connectivity index (χ4n) is 3.50. The number of hydrogen-bond acceptors (Lipinski definition) is 4. The van der Waals surface area contributed by atoms with E-state index in [4.69, 9.17) is 4.74 Å². The number of carbonyl (C=O) groups is 2. The van der Waals surface area contributed by atoms with Gasteiger partial charge in [-0.05, 0) is 50.1 Å². The van der Waals surface area contributed by atoms with Crippen molar-refractivity contribution in [2.75, 3.05) is 29.9 Å². The van der Waals surface area contributed by atoms with Crippen LogP contribution in [0.1, 0.15) is 30.1 Å². The zero-order valence-corrected chi connectivity index (χ0v) is 16.6. The summed E-state index contributed by atoms with van der Waals surface area (Å²) < 4.78 is 5.52. The highest BCUT2D eigenvalue weighted by molar-refractivity contribution is 7.99. The molecule has 1 saturated heterocycles. The van der Waals surface area contributed by atoms with E-state index < -0.39 is 0 Å². The molecule has 0 unspecified atom stereocenters. The van der Waals surface area contributed by atoms with Gasteiger partial charge in [0.25, 0.3) is 5.91 Å². The Kier molecular flexibility index (Phi) is 5.54. The minimum Gasteiger partial charge on any atom is -0.376 e. The van der Waals surface area contributed by atoms with Crippen molar-refractivity contribution in [3.8, 4) is 0 Å². The molecule has 1 atom stereocenters. The van der Waals surface area contributed by atoms with Gasteiger partial charge in [0, 0.05) is 35.2 Å². The quantitative estimate of drug-likeness (QED) is 0.814. The van der Waals surface area contributed by atoms with E-state index in [0.717, 1.165) is 34.9 Å². The number of hydrogen-bond donors (Lipinski definition) is 2. The molecule has 0 bridgehead atoms. The van der Waals surface area contributed by atoms with Crippen LogP contribution < -0.4 is 15.5 Å². The lowest BCUT2D eigenvalue weighted by Crippen LogP contribution is -2.35. The van der Waals surface area contributed by atoms with E-state index in [1.807, 2.05) is 49.4 Å². The number of rotatable bonds is 4. The minimum atomic E-state index is -0.269. The molecule has 0 aliphatic carbocycles. The second-order valence-electron chi connectivity index (χ2n) is 6.80. The first-order valence-electron chi connectivity index (χ1n) is 9.55. The Morgan fingerprint density at radius 3 is 2.89 bits per heavy atom. The van der Waals surface area contributed by atoms with Crippen LogP contribution in [0.15, 0.2) is 52.3 Å². The number of ether oxygens (including phenoxy) is 1. The standard InChI is InChI=1S/C21H23N3O3S/c1-2-24-17-12-14(23-21(26)22-13-15-6-5-11-27-15)9-10-19(17)28-18-8-4-3-7-16(18)20(24)25/h3-4,7-10,12,15H,2,5-6,11,13H2,1H3,(H2,22,23,26)/t15-/m1/s1. The maximum atomic E-state index is 13.0. The van der Waals surface area contributed by atoms with E-state index in [-0.39, 0.29) is 18.0 Å². The number of fused-ring (bicyclic) bond motifs is 2. The number of benzene rings is 2. The minimum absolute atomic E-state index is 0.0238. The summed E-state index contributed by atoms with van der Waals surface area (Å²) in [5.74, 6) is -0.0238. The van der Waals surface area contributed by atoms with Crippen molar-refractivity contribution in [1.29, 1.82) is 0 Å². The van der Waals surface area contributed by atoms with Crippen LogP contribution in [0, 0.1) is 0 Å². The maximum absolute atomic E-state index is 13.0. The molecule has 4 rings (SSSR count). The maximum Gasteiger partial charge on any atom is 0.319 e. The largest absolute Gasteiger partial charge is 0.376 e. The highest BCUT2D eigenvalue weighted by atomic mass is 32.2. The second-order valence-corrected chi connectivity index (χ2v) is 7.88. The Morgan fingerprint density at radius 2 is 2.11 bits per heavy atom. The fraction of sp³-hybridized carbons (Fsp3) is 0.333. The van der Waals surface area contributed by atoms with Crippen molar-refractivity contribution in [1.82, 2.24) is 5.32 Å². The molecule has 2 aliphatic heterocycles. The molecule has 0 radical (unpaired) electrons. The Morgan fingerprint density at radius 1 is 1.25 bits per heavy atom. The summed E-state index contributed by atoms with van der Waals surface area (Å²) in [7, 11) is 0. The SMILES string of the molecule is CCN1C(=O)c2ccccc2Sc2ccc(NC(=O)NC[C@H]3CCCO3)cc21. The normalized spacial score (nSPS) is 18.2. The molecule has 6 nitrogen and oxygen atoms in total. The van der Waals surface area contributed by atoms with Gasteiger partial charge in [-0.3, -0.25) is 4.79 Å². The molecule has 2 aliphatic rings. The van der Waals surface area contributed by atoms with Crippen molar-refractivity contribution in [2.24, 2.45) is 0 Å². The third kappa shape index (κ3) is 3.86. The molecule has 2 N–H and O–H groups in total. The zero-order chi connectivity index (χ0) is 19.5. The molecule has 0 aromatic heterocycles. The topological polar surface area (TPSA) is 70.7 Å². The van der Waals surface area contributed by atoms with Crippen LogP contribution >= 0.6 is 11.8 Å². The van der Waals surface area contributed by atoms with E-state index in [2.05, 4.69) is 10.6 Å². The number of carbonyl (C=O) groups excluding carboxylic acids is 2. The van der Waals surface area contributed by atoms with E-state index in [1.165, 1.54) is 0 Å². The first-order valence-corrected chi connectivity index (χ1v) is 10.4. The predicted octanol–water partition coefficient (Wildman–Crippen LogP) is 4.12. The summed E-state index contributed by atoms with van der Waals surface area (Å²) in [6.45, 7) is 3.77. The molecule has 0 spiro atoms. The van der Waals surface area contributed by atoms with Crippen LogP contribution in [0.2, 0.25) is 0 Å². The second kappa shape index (κ2) is 8.24. The molecule has 2 aromatic rings. The van der Waals surface area contributed by atoms with E-state index in [1.54, 1.807) is 16.7 Å². The monoisotopic (exact) mass is 397 g/mol. The van der Waals surface area contributed by atoms with Gasteiger partial charge >= 0.3 is 6.03 Å². The highest BCUT2D eigenvalue weighted by Crippen LogP contribution is 2.42. The van der Waals surface area contributed by atoms with Crippen LogP contribution in [0.5, 0.6) is 0 Å². The zero-order valence-electron chi connectivity index (χ0n) is 15.7. The van der Waals surface area contributed by atoms with E-state index in [9.17, 15) is 9.59 Å². The number of urea groups is 1. The van der Waals surface area contributed by atoms with E-state index in [0.29, 0.717) is 24.3 Å². The van der Waals surface area contributed by atoms with Gasteiger partial charge in [-0.1, -0.05) is 23.9 Å². The van der Waals surface area contributed by atoms with Gasteiger partial charge < -0.3 is 20.3 Å². The highest BCUT2D eigenvalue weighted by Gasteiger charge is 2.26. The van der Waals surface area contributed by atoms with Crippen molar-refractivity contribution >= 4 is 35.1 Å². The Hall–Kier alpha value is -2.51. The Bertz CT molecular complexity index is 896. The average Bonchev–Trinajstić information content (AvgIpc) is 3.19. The first kappa shape index (κ1) is 18.8. The summed E-state index contributed by atoms with van der Waals surface area (Å²) in [5, 5.41) is 5.72. The molecule has 0 saturated carbocycles. The molecule has 7 heteroatoms. The van der Waals surface area contributed by atoms with Gasteiger partial charge in [-0.25, -0.2) is 4.79 Å². The van der Waals surface area contributed by atoms with Gasteiger partial charge in [0.05, 0.1) is 17.4 Å². The van der Waals surface area contributed by atoms with Crippen molar-refractivity contribution < 1.29 is 14.3 Å². The number of anilines is 2. The fourth-order valence-corrected chi connectivity index (χ4v) is 4.56. The summed E-state index contributed by atoms with van der Waals surface area (Å²) in [5.41, 5.74) is 2.17. The lowest BCUT2D eigenvalue weighted by Gasteiger charge is -2.22. The van der Waals surface area contributed by atoms with Gasteiger partial charge in [0.1, 0.15) is 0 Å². The van der Waals surface area contributed by atoms with Crippen LogP contribution in [0.25, 0.3) is 0 Å². The van der Waals surface area contributed by atoms with Crippen LogP contribution in [0.3, 0.4) is 0 Å². The third-order valence-electron chi connectivity index (χ3n) is 4.92. The molecule has 3 amide bonds. The van der Waals surface area contributed by atoms with Crippen molar-refractivity contribution in [3.05, 3.63) is 48.0 Å². The van der Waals surface area contributed by atoms with Crippen LogP contribution in [-0.4, -0.2) is 37.7 Å².